The van der Waals surface area contributed by atoms with Crippen LogP contribution >= 0.6 is 0 Å². The maximum atomic E-state index is 14.0. The van der Waals surface area contributed by atoms with Crippen molar-refractivity contribution in [1.29, 1.82) is 0 Å². The van der Waals surface area contributed by atoms with Gasteiger partial charge in [-0.25, -0.2) is 0 Å². The number of aliphatic hydroxyl groups excluding tert-OH is 1. The maximum absolute atomic E-state index is 14.0. The van der Waals surface area contributed by atoms with Gasteiger partial charge in [0, 0.05) is 20.0 Å². The number of amides is 2. The summed E-state index contributed by atoms with van der Waals surface area (Å²) >= 11 is 0. The van der Waals surface area contributed by atoms with E-state index in [9.17, 15) is 19.5 Å². The lowest BCUT2D eigenvalue weighted by molar-refractivity contribution is -0.189. The van der Waals surface area contributed by atoms with Crippen LogP contribution in [-0.2, 0) is 30.3 Å². The van der Waals surface area contributed by atoms with Crippen LogP contribution in [-0.4, -0.2) is 72.6 Å². The van der Waals surface area contributed by atoms with Gasteiger partial charge in [-0.05, 0) is 49.4 Å². The molecule has 0 spiro atoms. The summed E-state index contributed by atoms with van der Waals surface area (Å²) in [7, 11) is 2.80. The van der Waals surface area contributed by atoms with Gasteiger partial charge in [-0.2, -0.15) is 0 Å². The molecular formula is C29H43N3O6. The van der Waals surface area contributed by atoms with Gasteiger partial charge in [0.1, 0.15) is 6.04 Å². The number of benzene rings is 2. The van der Waals surface area contributed by atoms with Gasteiger partial charge in [0.25, 0.3) is 0 Å². The molecule has 2 amide bonds. The minimum Gasteiger partial charge on any atom is -0.469 e. The summed E-state index contributed by atoms with van der Waals surface area (Å²) < 4.78 is 10.4. The molecule has 0 radical (unpaired) electrons. The molecule has 2 aromatic rings. The van der Waals surface area contributed by atoms with Gasteiger partial charge >= 0.3 is 5.97 Å². The largest absolute Gasteiger partial charge is 0.469 e. The van der Waals surface area contributed by atoms with Crippen molar-refractivity contribution < 1.29 is 29.0 Å². The number of likely N-dealkylation sites (N-methyl/N-ethyl adjacent to an activating group) is 1. The molecule has 38 heavy (non-hydrogen) atoms. The zero-order valence-corrected chi connectivity index (χ0v) is 23.6. The van der Waals surface area contributed by atoms with Crippen LogP contribution in [0.2, 0.25) is 0 Å². The second-order valence-corrected chi connectivity index (χ2v) is 10.8. The summed E-state index contributed by atoms with van der Waals surface area (Å²) in [5.74, 6) is -1.16. The second-order valence-electron chi connectivity index (χ2n) is 10.8. The standard InChI is InChI=1S/C29H43N3O6/c1-19(2)16-23(31-28(36)38-29(3,4)5)27(35)32(15-14-25(33)37-7)24(26(34)30-6)18-20-12-13-21-10-8-9-11-22(21)17-20/h8-13,17,19,23-24,28,31,36H,14-16,18H2,1-7H3,(H,30,34)/t23-,24-,28?/m0/s1. The Morgan fingerprint density at radius 2 is 1.71 bits per heavy atom. The molecule has 0 saturated heterocycles. The van der Waals surface area contributed by atoms with Crippen LogP contribution < -0.4 is 10.6 Å². The highest BCUT2D eigenvalue weighted by molar-refractivity contribution is 5.90. The Labute approximate surface area is 225 Å². The third-order valence-electron chi connectivity index (χ3n) is 6.05. The number of esters is 1. The quantitative estimate of drug-likeness (QED) is 0.270. The van der Waals surface area contributed by atoms with Crippen molar-refractivity contribution in [1.82, 2.24) is 15.5 Å². The first-order valence-corrected chi connectivity index (χ1v) is 13.0. The third-order valence-corrected chi connectivity index (χ3v) is 6.05. The molecule has 2 aromatic carbocycles. The zero-order chi connectivity index (χ0) is 28.5. The highest BCUT2D eigenvalue weighted by atomic mass is 16.6. The van der Waals surface area contributed by atoms with Gasteiger partial charge < -0.3 is 24.8 Å². The molecule has 210 valence electrons. The molecule has 2 rings (SSSR count). The number of fused-ring (bicyclic) bond motifs is 1. The summed E-state index contributed by atoms with van der Waals surface area (Å²) in [6, 6.07) is 12.1. The van der Waals surface area contributed by atoms with Gasteiger partial charge in [-0.15, -0.1) is 0 Å². The van der Waals surface area contributed by atoms with Crippen molar-refractivity contribution in [3.63, 3.8) is 0 Å². The zero-order valence-electron chi connectivity index (χ0n) is 23.6. The van der Waals surface area contributed by atoms with Gasteiger partial charge in [-0.1, -0.05) is 56.3 Å². The first-order chi connectivity index (χ1) is 17.8. The lowest BCUT2D eigenvalue weighted by Gasteiger charge is -2.35. The van der Waals surface area contributed by atoms with E-state index in [4.69, 9.17) is 9.47 Å². The Hall–Kier alpha value is -3.01. The normalized spacial score (nSPS) is 14.1. The van der Waals surface area contributed by atoms with Crippen molar-refractivity contribution in [2.75, 3.05) is 20.7 Å². The Balaban J connectivity index is 2.44. The van der Waals surface area contributed by atoms with Crippen LogP contribution in [0.25, 0.3) is 10.8 Å². The van der Waals surface area contributed by atoms with E-state index in [1.54, 1.807) is 20.8 Å². The monoisotopic (exact) mass is 529 g/mol. The number of methoxy groups -OCH3 is 1. The Morgan fingerprint density at radius 1 is 1.05 bits per heavy atom. The Bertz CT molecular complexity index is 1080. The minimum absolute atomic E-state index is 0.0241. The summed E-state index contributed by atoms with van der Waals surface area (Å²) in [6.07, 6.45) is -0.853. The second kappa shape index (κ2) is 14.2. The van der Waals surface area contributed by atoms with Crippen molar-refractivity contribution >= 4 is 28.6 Å². The number of aliphatic hydroxyl groups is 1. The molecule has 3 N–H and O–H groups in total. The van der Waals surface area contributed by atoms with E-state index in [-0.39, 0.29) is 31.2 Å². The highest BCUT2D eigenvalue weighted by Crippen LogP contribution is 2.20. The van der Waals surface area contributed by atoms with Gasteiger partial charge in [0.2, 0.25) is 18.2 Å². The van der Waals surface area contributed by atoms with E-state index in [1.807, 2.05) is 56.3 Å². The maximum Gasteiger partial charge on any atom is 0.307 e. The molecule has 1 unspecified atom stereocenters. The lowest BCUT2D eigenvalue weighted by atomic mass is 9.97. The van der Waals surface area contributed by atoms with Gasteiger partial charge in [0.05, 0.1) is 25.2 Å². The van der Waals surface area contributed by atoms with Crippen molar-refractivity contribution in [3.8, 4) is 0 Å². The van der Waals surface area contributed by atoms with Gasteiger partial charge in [-0.3, -0.25) is 19.7 Å². The number of rotatable bonds is 13. The third kappa shape index (κ3) is 9.70. The smallest absolute Gasteiger partial charge is 0.307 e. The number of nitrogens with one attached hydrogen (secondary N) is 2. The van der Waals surface area contributed by atoms with E-state index < -0.39 is 36.0 Å². The number of nitrogens with zero attached hydrogens (tertiary/aromatic N) is 1. The first-order valence-electron chi connectivity index (χ1n) is 13.0. The van der Waals surface area contributed by atoms with Gasteiger partial charge in [0.15, 0.2) is 0 Å². The minimum atomic E-state index is -1.40. The van der Waals surface area contributed by atoms with E-state index in [0.717, 1.165) is 16.3 Å². The molecule has 9 heteroatoms. The van der Waals surface area contributed by atoms with Crippen LogP contribution in [0.3, 0.4) is 0 Å². The number of hydrogen-bond donors (Lipinski definition) is 3. The van der Waals surface area contributed by atoms with Crippen LogP contribution in [0, 0.1) is 5.92 Å². The number of ether oxygens (including phenoxy) is 2. The number of hydrogen-bond acceptors (Lipinski definition) is 7. The summed E-state index contributed by atoms with van der Waals surface area (Å²) in [4.78, 5) is 40.7. The van der Waals surface area contributed by atoms with Crippen molar-refractivity contribution in [2.45, 2.75) is 78.0 Å². The molecule has 0 fully saturated rings. The van der Waals surface area contributed by atoms with Crippen LogP contribution in [0.4, 0.5) is 0 Å². The molecule has 0 bridgehead atoms. The fraction of sp³-hybridized carbons (Fsp3) is 0.552. The van der Waals surface area contributed by atoms with E-state index in [0.29, 0.717) is 6.42 Å². The van der Waals surface area contributed by atoms with Crippen molar-refractivity contribution in [3.05, 3.63) is 48.0 Å². The molecule has 0 saturated carbocycles. The molecule has 9 nitrogen and oxygen atoms in total. The average molecular weight is 530 g/mol. The predicted molar refractivity (Wildman–Crippen MR) is 147 cm³/mol. The van der Waals surface area contributed by atoms with Crippen LogP contribution in [0.1, 0.15) is 53.0 Å². The number of carbonyl (C=O) groups excluding carboxylic acids is 3. The molecule has 0 aliphatic heterocycles. The summed E-state index contributed by atoms with van der Waals surface area (Å²) in [6.45, 7) is 9.29. The Kier molecular flexibility index (Phi) is 11.7. The Morgan fingerprint density at radius 3 is 2.29 bits per heavy atom. The van der Waals surface area contributed by atoms with Crippen molar-refractivity contribution in [2.24, 2.45) is 5.92 Å². The average Bonchev–Trinajstić information content (AvgIpc) is 2.85. The lowest BCUT2D eigenvalue weighted by Crippen LogP contribution is -2.58. The van der Waals surface area contributed by atoms with E-state index in [2.05, 4.69) is 10.6 Å². The molecule has 0 aliphatic carbocycles. The highest BCUT2D eigenvalue weighted by Gasteiger charge is 2.35. The van der Waals surface area contributed by atoms with E-state index >= 15 is 0 Å². The van der Waals surface area contributed by atoms with Crippen LogP contribution in [0.15, 0.2) is 42.5 Å². The molecular weight excluding hydrogens is 486 g/mol. The fourth-order valence-electron chi connectivity index (χ4n) is 4.29. The summed E-state index contributed by atoms with van der Waals surface area (Å²) in [5, 5.41) is 18.2. The topological polar surface area (TPSA) is 117 Å². The SMILES string of the molecule is CNC(=O)[C@H](Cc1ccc2ccccc2c1)N(CCC(=O)OC)C(=O)[C@H](CC(C)C)NC(O)OC(C)(C)C. The van der Waals surface area contributed by atoms with Crippen LogP contribution in [0.5, 0.6) is 0 Å². The molecule has 0 aliphatic rings. The number of carbonyl (C=O) groups is 3. The molecule has 0 heterocycles. The fourth-order valence-corrected chi connectivity index (χ4v) is 4.29. The molecule has 0 aromatic heterocycles. The predicted octanol–water partition coefficient (Wildman–Crippen LogP) is 2.98. The van der Waals surface area contributed by atoms with E-state index in [1.165, 1.54) is 19.1 Å². The summed E-state index contributed by atoms with van der Waals surface area (Å²) in [5.41, 5.74) is 0.223. The molecule has 3 atom stereocenters. The first kappa shape index (κ1) is 31.2.